The summed E-state index contributed by atoms with van der Waals surface area (Å²) in [5.74, 6) is -0.878. The van der Waals surface area contributed by atoms with Crippen molar-refractivity contribution in [3.63, 3.8) is 0 Å². The Balaban J connectivity index is 2.12. The fraction of sp³-hybridized carbons (Fsp3) is 0. The molecule has 0 fully saturated rings. The molecule has 2 aromatic carbocycles. The van der Waals surface area contributed by atoms with Crippen LogP contribution in [0.25, 0.3) is 10.9 Å². The number of nitrogens with one attached hydrogen (secondary N) is 1. The zero-order chi connectivity index (χ0) is 15.0. The molecule has 106 valence electrons. The molecule has 3 rings (SSSR count). The van der Waals surface area contributed by atoms with E-state index in [1.54, 1.807) is 24.3 Å². The van der Waals surface area contributed by atoms with Gasteiger partial charge in [-0.3, -0.25) is 0 Å². The van der Waals surface area contributed by atoms with Crippen LogP contribution < -0.4 is 5.32 Å². The predicted molar refractivity (Wildman–Crippen MR) is 81.9 cm³/mol. The molecule has 0 bridgehead atoms. The van der Waals surface area contributed by atoms with E-state index in [2.05, 4.69) is 31.2 Å². The molecule has 21 heavy (non-hydrogen) atoms. The lowest BCUT2D eigenvalue weighted by Crippen LogP contribution is -2.00. The van der Waals surface area contributed by atoms with Crippen LogP contribution in [0.3, 0.4) is 0 Å². The molecule has 0 aliphatic heterocycles. The summed E-state index contributed by atoms with van der Waals surface area (Å²) in [7, 11) is 0. The van der Waals surface area contributed by atoms with E-state index < -0.39 is 11.6 Å². The molecule has 0 spiro atoms. The Bertz CT molecular complexity index is 842. The normalized spacial score (nSPS) is 10.9. The van der Waals surface area contributed by atoms with Crippen LogP contribution >= 0.6 is 27.5 Å². The number of benzene rings is 2. The number of para-hydroxylation sites is 1. The number of aromatic nitrogens is 2. The van der Waals surface area contributed by atoms with Crippen LogP contribution in [-0.2, 0) is 0 Å². The van der Waals surface area contributed by atoms with E-state index in [1.807, 2.05) is 0 Å². The number of nitrogens with zero attached hydrogens (tertiary/aromatic N) is 2. The second kappa shape index (κ2) is 5.54. The third kappa shape index (κ3) is 2.82. The van der Waals surface area contributed by atoms with Crippen molar-refractivity contribution >= 4 is 49.9 Å². The summed E-state index contributed by atoms with van der Waals surface area (Å²) in [5, 5.41) is 3.43. The molecule has 0 unspecified atom stereocenters. The van der Waals surface area contributed by atoms with Crippen LogP contribution in [0.1, 0.15) is 0 Å². The van der Waals surface area contributed by atoms with Crippen LogP contribution in [0.5, 0.6) is 0 Å². The summed E-state index contributed by atoms with van der Waals surface area (Å²) in [6.07, 6.45) is 0. The van der Waals surface area contributed by atoms with Crippen molar-refractivity contribution < 1.29 is 8.78 Å². The Labute approximate surface area is 132 Å². The maximum Gasteiger partial charge on any atom is 0.224 e. The van der Waals surface area contributed by atoms with Gasteiger partial charge in [-0.15, -0.1) is 0 Å². The van der Waals surface area contributed by atoms with Crippen molar-refractivity contribution in [2.24, 2.45) is 0 Å². The first-order valence-corrected chi connectivity index (χ1v) is 7.05. The quantitative estimate of drug-likeness (QED) is 0.506. The van der Waals surface area contributed by atoms with Gasteiger partial charge in [0.15, 0.2) is 0 Å². The second-order valence-corrected chi connectivity index (χ2v) is 5.42. The largest absolute Gasteiger partial charge is 0.337 e. The van der Waals surface area contributed by atoms with Gasteiger partial charge in [0.05, 0.1) is 15.7 Å². The third-order valence-electron chi connectivity index (χ3n) is 2.84. The van der Waals surface area contributed by atoms with E-state index in [-0.39, 0.29) is 15.4 Å². The molecular formula is C14H7BrClF2N3. The fourth-order valence-electron chi connectivity index (χ4n) is 1.89. The van der Waals surface area contributed by atoms with Crippen molar-refractivity contribution in [3.8, 4) is 0 Å². The van der Waals surface area contributed by atoms with Gasteiger partial charge in [0.1, 0.15) is 17.5 Å². The number of hydrogen-bond donors (Lipinski definition) is 1. The van der Waals surface area contributed by atoms with Gasteiger partial charge in [-0.05, 0) is 45.7 Å². The van der Waals surface area contributed by atoms with E-state index in [4.69, 9.17) is 11.6 Å². The maximum atomic E-state index is 13.9. The van der Waals surface area contributed by atoms with E-state index in [1.165, 1.54) is 0 Å². The van der Waals surface area contributed by atoms with Gasteiger partial charge in [-0.1, -0.05) is 12.1 Å². The van der Waals surface area contributed by atoms with Crippen molar-refractivity contribution in [3.05, 3.63) is 57.8 Å². The summed E-state index contributed by atoms with van der Waals surface area (Å²) in [5.41, 5.74) is 0.577. The summed E-state index contributed by atoms with van der Waals surface area (Å²) in [6.45, 7) is 0. The fourth-order valence-corrected chi connectivity index (χ4v) is 2.38. The summed E-state index contributed by atoms with van der Waals surface area (Å²) >= 11 is 8.78. The van der Waals surface area contributed by atoms with Crippen LogP contribution in [0, 0.1) is 11.6 Å². The monoisotopic (exact) mass is 369 g/mol. The molecule has 0 aliphatic rings. The lowest BCUT2D eigenvalue weighted by atomic mass is 10.2. The predicted octanol–water partition coefficient (Wildman–Crippen LogP) is 5.07. The van der Waals surface area contributed by atoms with Crippen LogP contribution in [-0.4, -0.2) is 9.97 Å². The van der Waals surface area contributed by atoms with Crippen LogP contribution in [0.4, 0.5) is 20.3 Å². The maximum absolute atomic E-state index is 13.9. The highest BCUT2D eigenvalue weighted by molar-refractivity contribution is 9.10. The molecule has 1 heterocycles. The van der Waals surface area contributed by atoms with Crippen molar-refractivity contribution in [1.29, 1.82) is 0 Å². The topological polar surface area (TPSA) is 37.8 Å². The van der Waals surface area contributed by atoms with Gasteiger partial charge in [0.2, 0.25) is 5.28 Å². The minimum atomic E-state index is -0.609. The lowest BCUT2D eigenvalue weighted by Gasteiger charge is -2.10. The SMILES string of the molecule is Fc1cc(Nc2nc(Cl)nc3ccccc23)c(F)cc1Br. The number of anilines is 2. The highest BCUT2D eigenvalue weighted by Gasteiger charge is 2.12. The van der Waals surface area contributed by atoms with Gasteiger partial charge in [0, 0.05) is 11.5 Å². The van der Waals surface area contributed by atoms with Gasteiger partial charge >= 0.3 is 0 Å². The van der Waals surface area contributed by atoms with Crippen molar-refractivity contribution in [1.82, 2.24) is 9.97 Å². The Kier molecular flexibility index (Phi) is 3.73. The highest BCUT2D eigenvalue weighted by Crippen LogP contribution is 2.29. The molecule has 1 aromatic heterocycles. The molecule has 0 radical (unpaired) electrons. The number of hydrogen-bond acceptors (Lipinski definition) is 3. The third-order valence-corrected chi connectivity index (χ3v) is 3.62. The molecule has 3 aromatic rings. The second-order valence-electron chi connectivity index (χ2n) is 4.23. The Morgan fingerprint density at radius 3 is 2.62 bits per heavy atom. The molecule has 7 heteroatoms. The molecular weight excluding hydrogens is 364 g/mol. The van der Waals surface area contributed by atoms with E-state index >= 15 is 0 Å². The summed E-state index contributed by atoms with van der Waals surface area (Å²) in [6, 6.07) is 9.21. The lowest BCUT2D eigenvalue weighted by molar-refractivity contribution is 0.598. The Morgan fingerprint density at radius 1 is 1.05 bits per heavy atom. The first-order chi connectivity index (χ1) is 10.0. The highest BCUT2D eigenvalue weighted by atomic mass is 79.9. The molecule has 0 aliphatic carbocycles. The molecule has 3 nitrogen and oxygen atoms in total. The molecule has 0 amide bonds. The van der Waals surface area contributed by atoms with Gasteiger partial charge in [-0.2, -0.15) is 4.98 Å². The smallest absolute Gasteiger partial charge is 0.224 e. The molecule has 1 N–H and O–H groups in total. The number of rotatable bonds is 2. The van der Waals surface area contributed by atoms with Crippen LogP contribution in [0.2, 0.25) is 5.28 Å². The van der Waals surface area contributed by atoms with Gasteiger partial charge in [-0.25, -0.2) is 13.8 Å². The number of halogens is 4. The number of fused-ring (bicyclic) bond motifs is 1. The van der Waals surface area contributed by atoms with E-state index in [9.17, 15) is 8.78 Å². The van der Waals surface area contributed by atoms with E-state index in [0.29, 0.717) is 16.7 Å². The minimum Gasteiger partial charge on any atom is -0.337 e. The standard InChI is InChI=1S/C14H7BrClF2N3/c15-8-5-10(18)12(6-9(8)17)19-13-7-3-1-2-4-11(7)20-14(16)21-13/h1-6H,(H,19,20,21). The van der Waals surface area contributed by atoms with Gasteiger partial charge in [0.25, 0.3) is 0 Å². The summed E-state index contributed by atoms with van der Waals surface area (Å²) in [4.78, 5) is 8.10. The summed E-state index contributed by atoms with van der Waals surface area (Å²) < 4.78 is 27.5. The van der Waals surface area contributed by atoms with Gasteiger partial charge < -0.3 is 5.32 Å². The zero-order valence-electron chi connectivity index (χ0n) is 10.4. The first kappa shape index (κ1) is 14.2. The average Bonchev–Trinajstić information content (AvgIpc) is 2.44. The van der Waals surface area contributed by atoms with Crippen molar-refractivity contribution in [2.45, 2.75) is 0 Å². The Morgan fingerprint density at radius 2 is 1.81 bits per heavy atom. The average molecular weight is 371 g/mol. The molecule has 0 atom stereocenters. The van der Waals surface area contributed by atoms with E-state index in [0.717, 1.165) is 12.1 Å². The molecule has 0 saturated carbocycles. The molecule has 0 saturated heterocycles. The first-order valence-electron chi connectivity index (χ1n) is 5.88. The van der Waals surface area contributed by atoms with Crippen LogP contribution in [0.15, 0.2) is 40.9 Å². The minimum absolute atomic E-state index is 0.0224. The zero-order valence-corrected chi connectivity index (χ0v) is 12.7. The Hall–Kier alpha value is -1.79. The van der Waals surface area contributed by atoms with Crippen molar-refractivity contribution in [2.75, 3.05) is 5.32 Å².